The molecule has 0 rings (SSSR count). The summed E-state index contributed by atoms with van der Waals surface area (Å²) in [4.78, 5) is 22.8. The van der Waals surface area contributed by atoms with Gasteiger partial charge in [0.1, 0.15) is 0 Å². The molecule has 0 aromatic rings. The zero-order chi connectivity index (χ0) is 13.7. The lowest BCUT2D eigenvalue weighted by atomic mass is 9.61. The Morgan fingerprint density at radius 1 is 1.06 bits per heavy atom. The molecular formula is C13H23O4. The van der Waals surface area contributed by atoms with Crippen molar-refractivity contribution in [1.29, 1.82) is 0 Å². The summed E-state index contributed by atoms with van der Waals surface area (Å²) in [7, 11) is 0. The summed E-state index contributed by atoms with van der Waals surface area (Å²) in [6.07, 6.45) is 3.05. The Morgan fingerprint density at radius 2 is 1.53 bits per heavy atom. The summed E-state index contributed by atoms with van der Waals surface area (Å²) in [6, 6.07) is 0. The topological polar surface area (TPSA) is 74.6 Å². The molecule has 0 aliphatic rings. The summed E-state index contributed by atoms with van der Waals surface area (Å²) in [5, 5.41) is 18.6. The second kappa shape index (κ2) is 6.03. The molecule has 0 amide bonds. The van der Waals surface area contributed by atoms with Crippen LogP contribution in [-0.4, -0.2) is 22.2 Å². The van der Waals surface area contributed by atoms with E-state index in [-0.39, 0.29) is 6.42 Å². The van der Waals surface area contributed by atoms with Crippen LogP contribution in [0.5, 0.6) is 0 Å². The van der Waals surface area contributed by atoms with Gasteiger partial charge in [0.15, 0.2) is 0 Å². The molecule has 2 atom stereocenters. The van der Waals surface area contributed by atoms with Crippen LogP contribution in [0.15, 0.2) is 0 Å². The molecule has 0 spiro atoms. The van der Waals surface area contributed by atoms with Crippen LogP contribution in [0.4, 0.5) is 0 Å². The highest BCUT2D eigenvalue weighted by molar-refractivity contribution is 5.86. The lowest BCUT2D eigenvalue weighted by Gasteiger charge is -2.39. The van der Waals surface area contributed by atoms with Crippen LogP contribution in [0.25, 0.3) is 0 Å². The van der Waals surface area contributed by atoms with E-state index in [0.29, 0.717) is 6.42 Å². The van der Waals surface area contributed by atoms with Crippen LogP contribution in [0.1, 0.15) is 52.9 Å². The number of carbonyl (C=O) groups is 2. The fourth-order valence-electron chi connectivity index (χ4n) is 1.97. The minimum Gasteiger partial charge on any atom is -0.481 e. The molecule has 4 nitrogen and oxygen atoms in total. The maximum Gasteiger partial charge on any atom is 0.310 e. The van der Waals surface area contributed by atoms with Gasteiger partial charge in [-0.15, -0.1) is 0 Å². The lowest BCUT2D eigenvalue weighted by molar-refractivity contribution is -0.172. The maximum absolute atomic E-state index is 11.4. The van der Waals surface area contributed by atoms with Crippen molar-refractivity contribution in [3.63, 3.8) is 0 Å². The van der Waals surface area contributed by atoms with Gasteiger partial charge >= 0.3 is 11.9 Å². The Balaban J connectivity index is 5.17. The number of carboxylic acid groups (broad SMARTS) is 2. The predicted molar refractivity (Wildman–Crippen MR) is 65.6 cm³/mol. The summed E-state index contributed by atoms with van der Waals surface area (Å²) in [6.45, 7) is 8.63. The van der Waals surface area contributed by atoms with Crippen LogP contribution in [0.2, 0.25) is 0 Å². The van der Waals surface area contributed by atoms with E-state index in [0.717, 1.165) is 19.3 Å². The van der Waals surface area contributed by atoms with Gasteiger partial charge in [-0.2, -0.15) is 0 Å². The second-order valence-electron chi connectivity index (χ2n) is 4.98. The number of rotatable bonds is 8. The third-order valence-electron chi connectivity index (χ3n) is 3.94. The summed E-state index contributed by atoms with van der Waals surface area (Å²) in [5.74, 6) is -2.14. The fourth-order valence-corrected chi connectivity index (χ4v) is 1.97. The number of hydrogen-bond donors (Lipinski definition) is 2. The average Bonchev–Trinajstić information content (AvgIpc) is 2.27. The van der Waals surface area contributed by atoms with E-state index in [1.54, 1.807) is 0 Å². The van der Waals surface area contributed by atoms with Crippen LogP contribution in [0.3, 0.4) is 0 Å². The van der Waals surface area contributed by atoms with E-state index < -0.39 is 22.8 Å². The smallest absolute Gasteiger partial charge is 0.310 e. The summed E-state index contributed by atoms with van der Waals surface area (Å²) in [5.41, 5.74) is -2.59. The van der Waals surface area contributed by atoms with E-state index in [4.69, 9.17) is 0 Å². The molecule has 17 heavy (non-hydrogen) atoms. The molecule has 4 heteroatoms. The van der Waals surface area contributed by atoms with Crippen LogP contribution < -0.4 is 0 Å². The largest absolute Gasteiger partial charge is 0.481 e. The van der Waals surface area contributed by atoms with Crippen molar-refractivity contribution in [2.24, 2.45) is 10.8 Å². The Labute approximate surface area is 103 Å². The zero-order valence-corrected chi connectivity index (χ0v) is 11.0. The first kappa shape index (κ1) is 15.9. The molecule has 0 fully saturated rings. The van der Waals surface area contributed by atoms with Gasteiger partial charge in [0.25, 0.3) is 0 Å². The standard InChI is InChI=1S/C13H23O4/c1-5-7-8-9-13(4,11(16)17)12(3,6-2)10(14)15/h2,5-9H2,1,3-4H3,(H,14,15)(H,16,17). The molecule has 2 N–H and O–H groups in total. The highest BCUT2D eigenvalue weighted by Gasteiger charge is 2.53. The van der Waals surface area contributed by atoms with Crippen molar-refractivity contribution >= 4 is 11.9 Å². The minimum atomic E-state index is -1.33. The highest BCUT2D eigenvalue weighted by Crippen LogP contribution is 2.46. The van der Waals surface area contributed by atoms with Gasteiger partial charge in [0, 0.05) is 0 Å². The molecule has 0 heterocycles. The van der Waals surface area contributed by atoms with Gasteiger partial charge < -0.3 is 10.2 Å². The van der Waals surface area contributed by atoms with Gasteiger partial charge in [-0.1, -0.05) is 33.1 Å². The van der Waals surface area contributed by atoms with E-state index >= 15 is 0 Å². The average molecular weight is 243 g/mol. The molecular weight excluding hydrogens is 220 g/mol. The first-order valence-corrected chi connectivity index (χ1v) is 6.02. The normalized spacial score (nSPS) is 18.1. The van der Waals surface area contributed by atoms with E-state index in [9.17, 15) is 19.8 Å². The highest BCUT2D eigenvalue weighted by atomic mass is 16.4. The van der Waals surface area contributed by atoms with Crippen molar-refractivity contribution in [3.05, 3.63) is 6.92 Å². The molecule has 0 aromatic carbocycles. The fraction of sp³-hybridized carbons (Fsp3) is 0.769. The molecule has 1 radical (unpaired) electrons. The third kappa shape index (κ3) is 2.99. The Bertz CT molecular complexity index is 287. The molecule has 0 aliphatic heterocycles. The molecule has 0 bridgehead atoms. The van der Waals surface area contributed by atoms with Crippen LogP contribution in [0, 0.1) is 17.8 Å². The first-order valence-electron chi connectivity index (χ1n) is 6.02. The predicted octanol–water partition coefficient (Wildman–Crippen LogP) is 2.97. The Hall–Kier alpha value is -1.06. The van der Waals surface area contributed by atoms with Crippen LogP contribution >= 0.6 is 0 Å². The van der Waals surface area contributed by atoms with Crippen molar-refractivity contribution in [2.45, 2.75) is 52.9 Å². The number of hydrogen-bond acceptors (Lipinski definition) is 2. The second-order valence-corrected chi connectivity index (χ2v) is 4.98. The summed E-state index contributed by atoms with van der Waals surface area (Å²) >= 11 is 0. The Morgan fingerprint density at radius 3 is 1.82 bits per heavy atom. The van der Waals surface area contributed by atoms with Crippen molar-refractivity contribution in [3.8, 4) is 0 Å². The zero-order valence-electron chi connectivity index (χ0n) is 11.0. The van der Waals surface area contributed by atoms with Gasteiger partial charge in [0.2, 0.25) is 0 Å². The molecule has 2 unspecified atom stereocenters. The molecule has 0 aliphatic carbocycles. The van der Waals surface area contributed by atoms with Crippen molar-refractivity contribution < 1.29 is 19.8 Å². The lowest BCUT2D eigenvalue weighted by Crippen LogP contribution is -2.48. The first-order chi connectivity index (χ1) is 7.76. The van der Waals surface area contributed by atoms with Crippen LogP contribution in [-0.2, 0) is 9.59 Å². The minimum absolute atomic E-state index is 0.0667. The van der Waals surface area contributed by atoms with E-state index in [1.807, 2.05) is 6.92 Å². The van der Waals surface area contributed by atoms with Crippen molar-refractivity contribution in [1.82, 2.24) is 0 Å². The molecule has 0 saturated heterocycles. The number of unbranched alkanes of at least 4 members (excludes halogenated alkanes) is 2. The monoisotopic (exact) mass is 243 g/mol. The number of aliphatic carboxylic acids is 2. The molecule has 0 aromatic heterocycles. The Kier molecular flexibility index (Phi) is 5.66. The van der Waals surface area contributed by atoms with E-state index in [2.05, 4.69) is 6.92 Å². The SMILES string of the molecule is [CH2]CC(C)(C(=O)O)C(C)(CCCCC)C(=O)O. The van der Waals surface area contributed by atoms with Gasteiger partial charge in [-0.25, -0.2) is 0 Å². The number of carboxylic acids is 2. The van der Waals surface area contributed by atoms with E-state index in [1.165, 1.54) is 13.8 Å². The van der Waals surface area contributed by atoms with Gasteiger partial charge in [-0.05, 0) is 26.7 Å². The maximum atomic E-state index is 11.4. The van der Waals surface area contributed by atoms with Crippen molar-refractivity contribution in [2.75, 3.05) is 0 Å². The molecule has 0 saturated carbocycles. The van der Waals surface area contributed by atoms with Gasteiger partial charge in [-0.3, -0.25) is 9.59 Å². The molecule has 99 valence electrons. The third-order valence-corrected chi connectivity index (χ3v) is 3.94. The summed E-state index contributed by atoms with van der Waals surface area (Å²) < 4.78 is 0. The van der Waals surface area contributed by atoms with Gasteiger partial charge in [0.05, 0.1) is 10.8 Å². The quantitative estimate of drug-likeness (QED) is 0.643.